The maximum atomic E-state index is 13.9. The highest BCUT2D eigenvalue weighted by molar-refractivity contribution is 6.00. The summed E-state index contributed by atoms with van der Waals surface area (Å²) in [4.78, 5) is 31.5. The number of carbonyl (C=O) groups excluding carboxylic acids is 2. The number of nitrogens with one attached hydrogen (secondary N) is 1. The van der Waals surface area contributed by atoms with Crippen LogP contribution in [0.4, 0.5) is 0 Å². The van der Waals surface area contributed by atoms with E-state index in [1.807, 2.05) is 25.1 Å². The summed E-state index contributed by atoms with van der Waals surface area (Å²) in [6.07, 6.45) is 5.12. The van der Waals surface area contributed by atoms with Crippen molar-refractivity contribution in [1.29, 1.82) is 5.26 Å². The van der Waals surface area contributed by atoms with E-state index in [1.54, 1.807) is 31.2 Å². The Labute approximate surface area is 264 Å². The summed E-state index contributed by atoms with van der Waals surface area (Å²) in [6, 6.07) is 30.1. The Bertz CT molecular complexity index is 1650. The zero-order valence-electron chi connectivity index (χ0n) is 25.7. The van der Waals surface area contributed by atoms with Crippen molar-refractivity contribution in [3.63, 3.8) is 0 Å². The molecule has 1 N–H and O–H groups in total. The van der Waals surface area contributed by atoms with Gasteiger partial charge in [0.15, 0.2) is 6.23 Å². The van der Waals surface area contributed by atoms with Gasteiger partial charge in [-0.2, -0.15) is 5.26 Å². The lowest BCUT2D eigenvalue weighted by atomic mass is 9.80. The van der Waals surface area contributed by atoms with Gasteiger partial charge in [-0.05, 0) is 42.7 Å². The molecule has 3 aromatic rings. The van der Waals surface area contributed by atoms with Gasteiger partial charge in [0.2, 0.25) is 0 Å². The molecule has 8 nitrogen and oxygen atoms in total. The average molecular weight is 601 g/mol. The maximum Gasteiger partial charge on any atom is 0.338 e. The number of hydrogen-bond acceptors (Lipinski definition) is 8. The third-order valence-electron chi connectivity index (χ3n) is 8.42. The van der Waals surface area contributed by atoms with Crippen molar-refractivity contribution in [2.75, 3.05) is 33.3 Å². The second kappa shape index (κ2) is 14.1. The van der Waals surface area contributed by atoms with Crippen molar-refractivity contribution in [1.82, 2.24) is 15.1 Å². The molecule has 1 fully saturated rings. The van der Waals surface area contributed by atoms with Crippen molar-refractivity contribution in [3.8, 4) is 18.4 Å². The SMILES string of the molecule is C#Cc1cccc(C2C(C(=O)OC(C)N3CCN(C(c4ccccc4)c4ccccc4)CC3)=C(C)NC(C#N)=C2C(=O)OC)c1. The number of hydrogen-bond donors (Lipinski definition) is 1. The zero-order valence-corrected chi connectivity index (χ0v) is 25.7. The first-order valence-electron chi connectivity index (χ1n) is 14.9. The molecule has 2 unspecified atom stereocenters. The van der Waals surface area contributed by atoms with Crippen LogP contribution in [0.5, 0.6) is 0 Å². The molecule has 0 amide bonds. The Morgan fingerprint density at radius 2 is 1.49 bits per heavy atom. The lowest BCUT2D eigenvalue weighted by Crippen LogP contribution is -2.51. The maximum absolute atomic E-state index is 13.9. The Morgan fingerprint density at radius 1 is 0.889 bits per heavy atom. The van der Waals surface area contributed by atoms with E-state index in [1.165, 1.54) is 18.2 Å². The molecule has 5 rings (SSSR count). The molecule has 0 saturated carbocycles. The fourth-order valence-electron chi connectivity index (χ4n) is 6.19. The van der Waals surface area contributed by atoms with Crippen molar-refractivity contribution >= 4 is 11.9 Å². The number of ether oxygens (including phenoxy) is 2. The van der Waals surface area contributed by atoms with Crippen molar-refractivity contribution < 1.29 is 19.1 Å². The molecule has 2 atom stereocenters. The van der Waals surface area contributed by atoms with Crippen LogP contribution in [0.3, 0.4) is 0 Å². The fourth-order valence-corrected chi connectivity index (χ4v) is 6.19. The predicted molar refractivity (Wildman–Crippen MR) is 171 cm³/mol. The van der Waals surface area contributed by atoms with E-state index in [0.29, 0.717) is 29.9 Å². The first kappa shape index (κ1) is 31.3. The molecule has 0 aliphatic carbocycles. The second-order valence-electron chi connectivity index (χ2n) is 11.1. The highest BCUT2D eigenvalue weighted by atomic mass is 16.6. The highest BCUT2D eigenvalue weighted by Crippen LogP contribution is 2.40. The van der Waals surface area contributed by atoms with E-state index in [0.717, 1.165) is 13.1 Å². The van der Waals surface area contributed by atoms with Crippen LogP contribution in [0.15, 0.2) is 107 Å². The van der Waals surface area contributed by atoms with Gasteiger partial charge in [0.1, 0.15) is 11.8 Å². The first-order chi connectivity index (χ1) is 21.9. The third kappa shape index (κ3) is 6.68. The molecule has 0 radical (unpaired) electrons. The second-order valence-corrected chi connectivity index (χ2v) is 11.1. The highest BCUT2D eigenvalue weighted by Gasteiger charge is 2.40. The number of esters is 2. The third-order valence-corrected chi connectivity index (χ3v) is 8.42. The van der Waals surface area contributed by atoms with Crippen LogP contribution < -0.4 is 5.32 Å². The smallest absolute Gasteiger partial charge is 0.338 e. The van der Waals surface area contributed by atoms with Gasteiger partial charge < -0.3 is 14.8 Å². The van der Waals surface area contributed by atoms with Crippen molar-refractivity contribution in [2.45, 2.75) is 32.0 Å². The molecular formula is C37H36N4O4. The number of carbonyl (C=O) groups is 2. The minimum atomic E-state index is -0.907. The topological polar surface area (TPSA) is 94.9 Å². The van der Waals surface area contributed by atoms with Gasteiger partial charge in [-0.25, -0.2) is 9.59 Å². The molecule has 45 heavy (non-hydrogen) atoms. The summed E-state index contributed by atoms with van der Waals surface area (Å²) in [5.74, 6) is 0.384. The summed E-state index contributed by atoms with van der Waals surface area (Å²) in [5, 5.41) is 12.8. The largest absolute Gasteiger partial charge is 0.466 e. The molecule has 0 spiro atoms. The molecular weight excluding hydrogens is 564 g/mol. The number of rotatable bonds is 8. The first-order valence-corrected chi connectivity index (χ1v) is 14.9. The number of allylic oxidation sites excluding steroid dienone is 2. The van der Waals surface area contributed by atoms with Crippen molar-refractivity contribution in [2.24, 2.45) is 0 Å². The minimum absolute atomic E-state index is 0.0163. The zero-order chi connectivity index (χ0) is 31.9. The number of dihydropyridines is 1. The molecule has 0 aromatic heterocycles. The summed E-state index contributed by atoms with van der Waals surface area (Å²) in [6.45, 7) is 6.50. The molecule has 3 aromatic carbocycles. The Balaban J connectivity index is 1.36. The Hall–Kier alpha value is -5.15. The number of nitrogens with zero attached hydrogens (tertiary/aromatic N) is 3. The normalized spacial score (nSPS) is 18.0. The van der Waals surface area contributed by atoms with Crippen LogP contribution in [0.25, 0.3) is 0 Å². The van der Waals surface area contributed by atoms with Crippen LogP contribution in [0.2, 0.25) is 0 Å². The standard InChI is InChI=1S/C37H36N4O4/c1-5-27-13-12-18-30(23-27)33-32(25(2)39-31(24-38)34(33)36(42)44-4)37(43)45-26(3)40-19-21-41(22-20-40)35(28-14-8-6-9-15-28)29-16-10-7-11-17-29/h1,6-18,23,26,33,35,39H,19-22H2,2-4H3. The van der Waals surface area contributed by atoms with Crippen LogP contribution in [0, 0.1) is 23.7 Å². The van der Waals surface area contributed by atoms with Crippen LogP contribution >= 0.6 is 0 Å². The van der Waals surface area contributed by atoms with Gasteiger partial charge in [-0.1, -0.05) is 78.7 Å². The molecule has 2 heterocycles. The number of terminal acetylenes is 1. The Kier molecular flexibility index (Phi) is 9.79. The number of nitriles is 1. The number of piperazine rings is 1. The monoisotopic (exact) mass is 600 g/mol. The Morgan fingerprint density at radius 3 is 2.04 bits per heavy atom. The average Bonchev–Trinajstić information content (AvgIpc) is 3.08. The van der Waals surface area contributed by atoms with E-state index < -0.39 is 24.1 Å². The molecule has 2 aliphatic rings. The minimum Gasteiger partial charge on any atom is -0.466 e. The number of benzene rings is 3. The van der Waals surface area contributed by atoms with Gasteiger partial charge in [-0.3, -0.25) is 9.80 Å². The van der Waals surface area contributed by atoms with E-state index in [4.69, 9.17) is 15.9 Å². The van der Waals surface area contributed by atoms with Crippen LogP contribution in [-0.4, -0.2) is 61.3 Å². The summed E-state index contributed by atoms with van der Waals surface area (Å²) < 4.78 is 11.1. The predicted octanol–water partition coefficient (Wildman–Crippen LogP) is 4.88. The van der Waals surface area contributed by atoms with E-state index in [-0.39, 0.29) is 22.9 Å². The summed E-state index contributed by atoms with van der Waals surface area (Å²) in [7, 11) is 1.24. The van der Waals surface area contributed by atoms with Crippen LogP contribution in [-0.2, 0) is 19.1 Å². The van der Waals surface area contributed by atoms with E-state index in [9.17, 15) is 14.9 Å². The van der Waals surface area contributed by atoms with Crippen LogP contribution in [0.1, 0.15) is 48.1 Å². The molecule has 0 bridgehead atoms. The lowest BCUT2D eigenvalue weighted by Gasteiger charge is -2.41. The number of methoxy groups -OCH3 is 1. The summed E-state index contributed by atoms with van der Waals surface area (Å²) >= 11 is 0. The van der Waals surface area contributed by atoms with E-state index >= 15 is 0 Å². The molecule has 228 valence electrons. The van der Waals surface area contributed by atoms with Gasteiger partial charge in [0.25, 0.3) is 0 Å². The van der Waals surface area contributed by atoms with Gasteiger partial charge >= 0.3 is 11.9 Å². The quantitative estimate of drug-likeness (QED) is 0.289. The van der Waals surface area contributed by atoms with E-state index in [2.05, 4.69) is 69.6 Å². The lowest BCUT2D eigenvalue weighted by molar-refractivity contribution is -0.155. The van der Waals surface area contributed by atoms with Gasteiger partial charge in [0, 0.05) is 37.4 Å². The molecule has 8 heteroatoms. The molecule has 2 aliphatic heterocycles. The summed E-state index contributed by atoms with van der Waals surface area (Å²) in [5.41, 5.74) is 4.32. The molecule has 1 saturated heterocycles. The van der Waals surface area contributed by atoms with Gasteiger partial charge in [-0.15, -0.1) is 6.42 Å². The van der Waals surface area contributed by atoms with Gasteiger partial charge in [0.05, 0.1) is 30.2 Å². The van der Waals surface area contributed by atoms with Crippen molar-refractivity contribution in [3.05, 3.63) is 130 Å². The fraction of sp³-hybridized carbons (Fsp3) is 0.270.